The summed E-state index contributed by atoms with van der Waals surface area (Å²) in [6, 6.07) is 9.35. The first-order valence-corrected chi connectivity index (χ1v) is 4.24. The molecule has 1 aromatic rings. The van der Waals surface area contributed by atoms with Gasteiger partial charge in [-0.2, -0.15) is 0 Å². The lowest BCUT2D eigenvalue weighted by molar-refractivity contribution is 0.144. The third kappa shape index (κ3) is 3.35. The van der Waals surface area contributed by atoms with E-state index in [1.165, 1.54) is 0 Å². The number of aliphatic hydroxyl groups is 1. The van der Waals surface area contributed by atoms with E-state index in [9.17, 15) is 5.11 Å². The van der Waals surface area contributed by atoms with Crippen molar-refractivity contribution in [3.8, 4) is 0 Å². The Hall–Kier alpha value is -0.570. The first kappa shape index (κ1) is 12.4. The first-order chi connectivity index (χ1) is 5.75. The molecule has 0 amide bonds. The van der Waals surface area contributed by atoms with E-state index in [4.69, 9.17) is 5.73 Å². The molecule has 13 heavy (non-hydrogen) atoms. The topological polar surface area (TPSA) is 46.2 Å². The Morgan fingerprint density at radius 3 is 2.31 bits per heavy atom. The van der Waals surface area contributed by atoms with Crippen molar-refractivity contribution in [2.24, 2.45) is 5.73 Å². The molecule has 1 aromatic carbocycles. The number of hydrogen-bond acceptors (Lipinski definition) is 2. The SMILES string of the molecule is CC[C@H](N)[C@@H](O)c1ccccc1.Cl. The van der Waals surface area contributed by atoms with Crippen LogP contribution in [0.5, 0.6) is 0 Å². The fourth-order valence-corrected chi connectivity index (χ4v) is 1.12. The minimum atomic E-state index is -0.531. The van der Waals surface area contributed by atoms with Gasteiger partial charge in [0.25, 0.3) is 0 Å². The zero-order valence-electron chi connectivity index (χ0n) is 7.68. The molecule has 74 valence electrons. The molecule has 0 spiro atoms. The monoisotopic (exact) mass is 201 g/mol. The zero-order valence-corrected chi connectivity index (χ0v) is 8.50. The number of nitrogens with two attached hydrogens (primary N) is 1. The smallest absolute Gasteiger partial charge is 0.0940 e. The molecule has 0 saturated carbocycles. The molecule has 0 heterocycles. The molecule has 0 aromatic heterocycles. The van der Waals surface area contributed by atoms with Crippen molar-refractivity contribution in [3.63, 3.8) is 0 Å². The van der Waals surface area contributed by atoms with Gasteiger partial charge in [0.2, 0.25) is 0 Å². The largest absolute Gasteiger partial charge is 0.387 e. The highest BCUT2D eigenvalue weighted by atomic mass is 35.5. The summed E-state index contributed by atoms with van der Waals surface area (Å²) in [5.41, 5.74) is 6.59. The average molecular weight is 202 g/mol. The summed E-state index contributed by atoms with van der Waals surface area (Å²) in [5, 5.41) is 9.66. The summed E-state index contributed by atoms with van der Waals surface area (Å²) in [4.78, 5) is 0. The lowest BCUT2D eigenvalue weighted by Gasteiger charge is -2.16. The number of hydrogen-bond donors (Lipinski definition) is 2. The van der Waals surface area contributed by atoms with E-state index < -0.39 is 6.10 Å². The fraction of sp³-hybridized carbons (Fsp3) is 0.400. The van der Waals surface area contributed by atoms with Crippen LogP contribution in [-0.2, 0) is 0 Å². The fourth-order valence-electron chi connectivity index (χ4n) is 1.12. The molecule has 2 atom stereocenters. The Balaban J connectivity index is 0.00000144. The number of rotatable bonds is 3. The van der Waals surface area contributed by atoms with E-state index in [0.29, 0.717) is 0 Å². The van der Waals surface area contributed by atoms with Gasteiger partial charge in [-0.3, -0.25) is 0 Å². The maximum atomic E-state index is 9.66. The van der Waals surface area contributed by atoms with Crippen molar-refractivity contribution in [1.82, 2.24) is 0 Å². The third-order valence-corrected chi connectivity index (χ3v) is 2.02. The second-order valence-electron chi connectivity index (χ2n) is 2.93. The van der Waals surface area contributed by atoms with Crippen LogP contribution in [0.3, 0.4) is 0 Å². The van der Waals surface area contributed by atoms with Gasteiger partial charge in [0, 0.05) is 6.04 Å². The van der Waals surface area contributed by atoms with Crippen LogP contribution in [0.15, 0.2) is 30.3 Å². The van der Waals surface area contributed by atoms with Crippen LogP contribution in [0, 0.1) is 0 Å². The second kappa shape index (κ2) is 5.97. The van der Waals surface area contributed by atoms with Crippen LogP contribution in [0.4, 0.5) is 0 Å². The molecule has 0 bridgehead atoms. The minimum absolute atomic E-state index is 0. The van der Waals surface area contributed by atoms with E-state index in [-0.39, 0.29) is 18.4 Å². The van der Waals surface area contributed by atoms with E-state index in [1.54, 1.807) is 0 Å². The van der Waals surface area contributed by atoms with Gasteiger partial charge in [0.15, 0.2) is 0 Å². The molecular formula is C10H16ClNO. The summed E-state index contributed by atoms with van der Waals surface area (Å²) in [6.07, 6.45) is 0.256. The van der Waals surface area contributed by atoms with Gasteiger partial charge in [-0.1, -0.05) is 37.3 Å². The molecule has 3 heteroatoms. The molecule has 0 fully saturated rings. The highest BCUT2D eigenvalue weighted by Gasteiger charge is 2.13. The molecule has 0 aliphatic carbocycles. The Morgan fingerprint density at radius 1 is 1.31 bits per heavy atom. The highest BCUT2D eigenvalue weighted by molar-refractivity contribution is 5.85. The predicted octanol–water partition coefficient (Wildman–Crippen LogP) is 1.88. The predicted molar refractivity (Wildman–Crippen MR) is 56.9 cm³/mol. The summed E-state index contributed by atoms with van der Waals surface area (Å²) >= 11 is 0. The second-order valence-corrected chi connectivity index (χ2v) is 2.93. The normalized spacial score (nSPS) is 14.4. The third-order valence-electron chi connectivity index (χ3n) is 2.02. The molecule has 0 aliphatic heterocycles. The van der Waals surface area contributed by atoms with Gasteiger partial charge in [0.05, 0.1) is 6.10 Å². The molecule has 2 nitrogen and oxygen atoms in total. The van der Waals surface area contributed by atoms with E-state index >= 15 is 0 Å². The quantitative estimate of drug-likeness (QED) is 0.785. The number of aliphatic hydroxyl groups excluding tert-OH is 1. The van der Waals surface area contributed by atoms with Crippen LogP contribution in [0.2, 0.25) is 0 Å². The van der Waals surface area contributed by atoms with Crippen LogP contribution < -0.4 is 5.73 Å². The molecule has 1 rings (SSSR count). The van der Waals surface area contributed by atoms with Crippen LogP contribution in [-0.4, -0.2) is 11.1 Å². The maximum Gasteiger partial charge on any atom is 0.0940 e. The Bertz CT molecular complexity index is 228. The summed E-state index contributed by atoms with van der Waals surface area (Å²) in [7, 11) is 0. The van der Waals surface area contributed by atoms with Crippen LogP contribution in [0.1, 0.15) is 25.0 Å². The van der Waals surface area contributed by atoms with E-state index in [2.05, 4.69) is 0 Å². The minimum Gasteiger partial charge on any atom is -0.387 e. The van der Waals surface area contributed by atoms with Gasteiger partial charge in [-0.15, -0.1) is 12.4 Å². The maximum absolute atomic E-state index is 9.66. The van der Waals surface area contributed by atoms with Crippen molar-refractivity contribution >= 4 is 12.4 Å². The summed E-state index contributed by atoms with van der Waals surface area (Å²) in [5.74, 6) is 0. The molecule has 0 saturated heterocycles. The van der Waals surface area contributed by atoms with E-state index in [0.717, 1.165) is 12.0 Å². The van der Waals surface area contributed by atoms with Gasteiger partial charge < -0.3 is 10.8 Å². The first-order valence-electron chi connectivity index (χ1n) is 4.24. The molecular weight excluding hydrogens is 186 g/mol. The van der Waals surface area contributed by atoms with Crippen molar-refractivity contribution < 1.29 is 5.11 Å². The summed E-state index contributed by atoms with van der Waals surface area (Å²) < 4.78 is 0. The van der Waals surface area contributed by atoms with Gasteiger partial charge in [0.1, 0.15) is 0 Å². The van der Waals surface area contributed by atoms with E-state index in [1.807, 2.05) is 37.3 Å². The van der Waals surface area contributed by atoms with Gasteiger partial charge in [-0.25, -0.2) is 0 Å². The Morgan fingerprint density at radius 2 is 1.85 bits per heavy atom. The van der Waals surface area contributed by atoms with Gasteiger partial charge in [-0.05, 0) is 12.0 Å². The Labute approximate surface area is 85.2 Å². The van der Waals surface area contributed by atoms with Crippen LogP contribution >= 0.6 is 12.4 Å². The standard InChI is InChI=1S/C10H15NO.ClH/c1-2-9(11)10(12)8-6-4-3-5-7-8;/h3-7,9-10,12H,2,11H2,1H3;1H/t9-,10-;/m0./s1. The van der Waals surface area contributed by atoms with Crippen molar-refractivity contribution in [3.05, 3.63) is 35.9 Å². The molecule has 0 radical (unpaired) electrons. The van der Waals surface area contributed by atoms with Crippen molar-refractivity contribution in [1.29, 1.82) is 0 Å². The summed E-state index contributed by atoms with van der Waals surface area (Å²) in [6.45, 7) is 1.97. The van der Waals surface area contributed by atoms with Crippen molar-refractivity contribution in [2.75, 3.05) is 0 Å². The van der Waals surface area contributed by atoms with Crippen molar-refractivity contribution in [2.45, 2.75) is 25.5 Å². The molecule has 0 aliphatic rings. The zero-order chi connectivity index (χ0) is 8.97. The lowest BCUT2D eigenvalue weighted by atomic mass is 10.0. The molecule has 0 unspecified atom stereocenters. The Kier molecular flexibility index (Phi) is 5.71. The number of benzene rings is 1. The van der Waals surface area contributed by atoms with Crippen LogP contribution in [0.25, 0.3) is 0 Å². The molecule has 3 N–H and O–H groups in total. The lowest BCUT2D eigenvalue weighted by Crippen LogP contribution is -2.27. The van der Waals surface area contributed by atoms with Gasteiger partial charge >= 0.3 is 0 Å². The number of halogens is 1. The highest BCUT2D eigenvalue weighted by Crippen LogP contribution is 2.16. The average Bonchev–Trinajstić information content (AvgIpc) is 2.17.